The van der Waals surface area contributed by atoms with Gasteiger partial charge in [-0.1, -0.05) is 18.2 Å². The smallest absolute Gasteiger partial charge is 0.244 e. The average Bonchev–Trinajstić information content (AvgIpc) is 2.84. The van der Waals surface area contributed by atoms with E-state index in [-0.39, 0.29) is 5.55 Å². The Bertz CT molecular complexity index is 799. The zero-order valence-electron chi connectivity index (χ0n) is 12.0. The van der Waals surface area contributed by atoms with E-state index in [1.54, 1.807) is 11.8 Å². The molecule has 0 spiro atoms. The van der Waals surface area contributed by atoms with Gasteiger partial charge in [-0.25, -0.2) is 0 Å². The Hall–Kier alpha value is -2.75. The summed E-state index contributed by atoms with van der Waals surface area (Å²) in [6.45, 7) is 1.89. The summed E-state index contributed by atoms with van der Waals surface area (Å²) >= 11 is 0. The fourth-order valence-corrected chi connectivity index (χ4v) is 2.29. The van der Waals surface area contributed by atoms with Crippen molar-refractivity contribution >= 4 is 0 Å². The molecule has 0 atom stereocenters. The lowest BCUT2D eigenvalue weighted by atomic mass is 10.1. The number of ether oxygens (including phenoxy) is 1. The van der Waals surface area contributed by atoms with Crippen molar-refractivity contribution in [1.82, 2.24) is 4.74 Å². The van der Waals surface area contributed by atoms with Crippen LogP contribution in [-0.2, 0) is 0 Å². The van der Waals surface area contributed by atoms with Crippen LogP contribution in [0.4, 0.5) is 0 Å². The number of rotatable bonds is 3. The van der Waals surface area contributed by atoms with Crippen LogP contribution in [0.5, 0.6) is 5.75 Å². The molecule has 0 aliphatic carbocycles. The molecule has 0 fully saturated rings. The van der Waals surface area contributed by atoms with Crippen molar-refractivity contribution in [2.24, 2.45) is 0 Å². The molecule has 2 aromatic carbocycles. The number of hydrogen-bond acceptors (Lipinski definition) is 3. The maximum absolute atomic E-state index is 7.95. The molecule has 0 aliphatic heterocycles. The summed E-state index contributed by atoms with van der Waals surface area (Å²) in [4.78, 5) is 0. The van der Waals surface area contributed by atoms with Crippen molar-refractivity contribution in [2.75, 3.05) is 7.11 Å². The Balaban J connectivity index is 2.19. The van der Waals surface area contributed by atoms with E-state index >= 15 is 0 Å². The Morgan fingerprint density at radius 2 is 1.67 bits per heavy atom. The molecule has 4 nitrogen and oxygen atoms in total. The topological polar surface area (TPSA) is 51.1 Å². The molecule has 1 heterocycles. The van der Waals surface area contributed by atoms with Crippen molar-refractivity contribution in [3.05, 3.63) is 65.7 Å². The van der Waals surface area contributed by atoms with Gasteiger partial charge in [-0.3, -0.25) is 5.41 Å². The molecule has 4 heteroatoms. The number of aromatic nitrogens is 1. The fourth-order valence-electron chi connectivity index (χ4n) is 2.29. The van der Waals surface area contributed by atoms with Gasteiger partial charge in [0.25, 0.3) is 0 Å². The standard InChI is InChI=1S/C17H16N2O2/c1-12-16(13-8-10-15(20-2)11-9-13)19(21-17(12)18)14-6-4-3-5-7-14/h3-11,18H,1-2H3. The van der Waals surface area contributed by atoms with Gasteiger partial charge < -0.3 is 9.26 Å². The number of hydrogen-bond donors (Lipinski definition) is 1. The highest BCUT2D eigenvalue weighted by Crippen LogP contribution is 2.27. The maximum atomic E-state index is 7.95. The van der Waals surface area contributed by atoms with Crippen LogP contribution in [0.2, 0.25) is 0 Å². The first-order chi connectivity index (χ1) is 10.2. The third-order valence-electron chi connectivity index (χ3n) is 3.44. The summed E-state index contributed by atoms with van der Waals surface area (Å²) in [5, 5.41) is 7.95. The van der Waals surface area contributed by atoms with Gasteiger partial charge in [0, 0.05) is 11.1 Å². The quantitative estimate of drug-likeness (QED) is 0.798. The summed E-state index contributed by atoms with van der Waals surface area (Å²) in [7, 11) is 1.64. The van der Waals surface area contributed by atoms with Gasteiger partial charge >= 0.3 is 0 Å². The first-order valence-corrected chi connectivity index (χ1v) is 6.68. The second kappa shape index (κ2) is 5.32. The van der Waals surface area contributed by atoms with Crippen molar-refractivity contribution in [1.29, 1.82) is 5.41 Å². The highest BCUT2D eigenvalue weighted by Gasteiger charge is 2.15. The molecule has 0 amide bonds. The second-order valence-electron chi connectivity index (χ2n) is 4.75. The van der Waals surface area contributed by atoms with Crippen LogP contribution in [0.3, 0.4) is 0 Å². The highest BCUT2D eigenvalue weighted by molar-refractivity contribution is 5.65. The van der Waals surface area contributed by atoms with Gasteiger partial charge in [-0.2, -0.15) is 4.74 Å². The van der Waals surface area contributed by atoms with E-state index in [4.69, 9.17) is 14.7 Å². The molecule has 1 aromatic heterocycles. The van der Waals surface area contributed by atoms with E-state index in [2.05, 4.69) is 0 Å². The fraction of sp³-hybridized carbons (Fsp3) is 0.118. The van der Waals surface area contributed by atoms with Crippen LogP contribution >= 0.6 is 0 Å². The first kappa shape index (κ1) is 13.2. The average molecular weight is 280 g/mol. The SMILES string of the molecule is COc1ccc(-c2c(C)c(=N)on2-c2ccccc2)cc1. The number of methoxy groups -OCH3 is 1. The van der Waals surface area contributed by atoms with Crippen molar-refractivity contribution in [3.8, 4) is 22.7 Å². The van der Waals surface area contributed by atoms with Gasteiger partial charge in [-0.05, 0) is 43.3 Å². The highest BCUT2D eigenvalue weighted by atomic mass is 16.5. The molecule has 3 aromatic rings. The zero-order chi connectivity index (χ0) is 14.8. The lowest BCUT2D eigenvalue weighted by Gasteiger charge is -2.08. The summed E-state index contributed by atoms with van der Waals surface area (Å²) in [6, 6.07) is 17.5. The summed E-state index contributed by atoms with van der Waals surface area (Å²) in [5.74, 6) is 0.803. The van der Waals surface area contributed by atoms with Gasteiger partial charge in [0.1, 0.15) is 5.75 Å². The molecule has 1 N–H and O–H groups in total. The summed E-state index contributed by atoms with van der Waals surface area (Å²) in [5.41, 5.74) is 3.74. The minimum absolute atomic E-state index is 0.171. The van der Waals surface area contributed by atoms with Crippen molar-refractivity contribution < 1.29 is 9.26 Å². The van der Waals surface area contributed by atoms with Crippen LogP contribution in [0.25, 0.3) is 16.9 Å². The molecule has 0 saturated heterocycles. The van der Waals surface area contributed by atoms with Crippen LogP contribution in [0.15, 0.2) is 59.1 Å². The zero-order valence-corrected chi connectivity index (χ0v) is 12.0. The molecular weight excluding hydrogens is 264 g/mol. The Labute approximate surface area is 122 Å². The lowest BCUT2D eigenvalue weighted by molar-refractivity contribution is 0.313. The molecule has 0 radical (unpaired) electrons. The Morgan fingerprint density at radius 3 is 2.29 bits per heavy atom. The predicted molar refractivity (Wildman–Crippen MR) is 80.6 cm³/mol. The maximum Gasteiger partial charge on any atom is 0.244 e. The second-order valence-corrected chi connectivity index (χ2v) is 4.75. The number of benzene rings is 2. The molecule has 21 heavy (non-hydrogen) atoms. The number of para-hydroxylation sites is 1. The van der Waals surface area contributed by atoms with E-state index in [1.165, 1.54) is 0 Å². The molecule has 0 aliphatic rings. The summed E-state index contributed by atoms with van der Waals surface area (Å²) in [6.07, 6.45) is 0. The van der Waals surface area contributed by atoms with Crippen LogP contribution in [0, 0.1) is 12.3 Å². The summed E-state index contributed by atoms with van der Waals surface area (Å²) < 4.78 is 12.5. The normalized spacial score (nSPS) is 10.6. The van der Waals surface area contributed by atoms with Gasteiger partial charge in [0.05, 0.1) is 18.5 Å². The van der Waals surface area contributed by atoms with Crippen molar-refractivity contribution in [2.45, 2.75) is 6.92 Å². The third-order valence-corrected chi connectivity index (χ3v) is 3.44. The third kappa shape index (κ3) is 2.36. The first-order valence-electron chi connectivity index (χ1n) is 6.68. The monoisotopic (exact) mass is 280 g/mol. The molecule has 0 saturated carbocycles. The lowest BCUT2D eigenvalue weighted by Crippen LogP contribution is -1.96. The van der Waals surface area contributed by atoms with E-state index < -0.39 is 0 Å². The Kier molecular flexibility index (Phi) is 3.36. The minimum Gasteiger partial charge on any atom is -0.497 e. The van der Waals surface area contributed by atoms with Gasteiger partial charge in [0.2, 0.25) is 5.55 Å². The van der Waals surface area contributed by atoms with E-state index in [0.29, 0.717) is 0 Å². The van der Waals surface area contributed by atoms with E-state index in [9.17, 15) is 0 Å². The van der Waals surface area contributed by atoms with E-state index in [1.807, 2.05) is 61.5 Å². The Morgan fingerprint density at radius 1 is 1.00 bits per heavy atom. The minimum atomic E-state index is 0.171. The molecule has 0 bridgehead atoms. The molecule has 0 unspecified atom stereocenters. The molecule has 3 rings (SSSR count). The van der Waals surface area contributed by atoms with Crippen LogP contribution < -0.4 is 10.3 Å². The van der Waals surface area contributed by atoms with Crippen LogP contribution in [0.1, 0.15) is 5.56 Å². The van der Waals surface area contributed by atoms with Crippen molar-refractivity contribution in [3.63, 3.8) is 0 Å². The number of nitrogens with zero attached hydrogens (tertiary/aromatic N) is 1. The van der Waals surface area contributed by atoms with Crippen LogP contribution in [-0.4, -0.2) is 11.8 Å². The van der Waals surface area contributed by atoms with Gasteiger partial charge in [0.15, 0.2) is 0 Å². The van der Waals surface area contributed by atoms with Gasteiger partial charge in [-0.15, -0.1) is 0 Å². The largest absolute Gasteiger partial charge is 0.497 e. The molecular formula is C17H16N2O2. The number of nitrogens with one attached hydrogen (secondary N) is 1. The predicted octanol–water partition coefficient (Wildman–Crippen LogP) is 3.53. The molecule has 106 valence electrons. The van der Waals surface area contributed by atoms with E-state index in [0.717, 1.165) is 28.3 Å².